The molecule has 0 aliphatic carbocycles. The van der Waals surface area contributed by atoms with Gasteiger partial charge in [-0.2, -0.15) is 13.2 Å². The lowest BCUT2D eigenvalue weighted by Gasteiger charge is -2.12. The van der Waals surface area contributed by atoms with E-state index in [9.17, 15) is 13.2 Å². The summed E-state index contributed by atoms with van der Waals surface area (Å²) in [6.45, 7) is 1.78. The molecule has 0 saturated heterocycles. The predicted molar refractivity (Wildman–Crippen MR) is 67.0 cm³/mol. The first kappa shape index (κ1) is 12.7. The minimum Gasteiger partial charge on any atom is -0.166 e. The van der Waals surface area contributed by atoms with Crippen LogP contribution in [0.25, 0.3) is 11.1 Å². The van der Waals surface area contributed by atoms with Gasteiger partial charge in [-0.25, -0.2) is 0 Å². The predicted octanol–water partition coefficient (Wildman–Crippen LogP) is 3.47. The van der Waals surface area contributed by atoms with Crippen LogP contribution in [0, 0.1) is 6.92 Å². The summed E-state index contributed by atoms with van der Waals surface area (Å²) in [6.07, 6.45) is -4.32. The van der Waals surface area contributed by atoms with E-state index in [1.807, 2.05) is 0 Å². The van der Waals surface area contributed by atoms with Gasteiger partial charge >= 0.3 is 6.18 Å². The van der Waals surface area contributed by atoms with Crippen LogP contribution in [0.3, 0.4) is 0 Å². The third-order valence-corrected chi connectivity index (χ3v) is 2.79. The molecule has 2 aromatic carbocycles. The monoisotopic (exact) mass is 246 g/mol. The Morgan fingerprint density at radius 1 is 0.944 bits per heavy atom. The zero-order chi connectivity index (χ0) is 13.3. The molecule has 0 N–H and O–H groups in total. The fourth-order valence-electron chi connectivity index (χ4n) is 1.77. The zero-order valence-electron chi connectivity index (χ0n) is 9.75. The van der Waals surface area contributed by atoms with Crippen LogP contribution in [0.15, 0.2) is 42.5 Å². The third kappa shape index (κ3) is 2.58. The van der Waals surface area contributed by atoms with Crippen LogP contribution in [0.5, 0.6) is 0 Å². The van der Waals surface area contributed by atoms with Gasteiger partial charge in [-0.3, -0.25) is 0 Å². The lowest BCUT2D eigenvalue weighted by Crippen LogP contribution is -2.05. The SMILES string of the molecule is [B]c1ccc(-c2cc(C(F)(F)F)ccc2C)cc1. The summed E-state index contributed by atoms with van der Waals surface area (Å²) < 4.78 is 38.0. The van der Waals surface area contributed by atoms with Crippen molar-refractivity contribution in [3.05, 3.63) is 53.6 Å². The van der Waals surface area contributed by atoms with E-state index in [2.05, 4.69) is 0 Å². The van der Waals surface area contributed by atoms with Gasteiger partial charge in [-0.15, -0.1) is 0 Å². The highest BCUT2D eigenvalue weighted by Gasteiger charge is 2.30. The summed E-state index contributed by atoms with van der Waals surface area (Å²) in [6, 6.07) is 10.5. The maximum absolute atomic E-state index is 12.7. The van der Waals surface area contributed by atoms with Crippen LogP contribution >= 0.6 is 0 Å². The summed E-state index contributed by atoms with van der Waals surface area (Å²) in [7, 11) is 5.56. The number of hydrogen-bond acceptors (Lipinski definition) is 0. The van der Waals surface area contributed by atoms with E-state index in [-0.39, 0.29) is 0 Å². The summed E-state index contributed by atoms with van der Waals surface area (Å²) in [5.74, 6) is 0. The zero-order valence-corrected chi connectivity index (χ0v) is 9.75. The Kier molecular flexibility index (Phi) is 3.20. The van der Waals surface area contributed by atoms with Gasteiger partial charge in [0.2, 0.25) is 0 Å². The summed E-state index contributed by atoms with van der Waals surface area (Å²) in [5, 5.41) is 0. The summed E-state index contributed by atoms with van der Waals surface area (Å²) in [4.78, 5) is 0. The smallest absolute Gasteiger partial charge is 0.166 e. The molecule has 0 nitrogen and oxygen atoms in total. The third-order valence-electron chi connectivity index (χ3n) is 2.79. The van der Waals surface area contributed by atoms with Crippen molar-refractivity contribution in [2.24, 2.45) is 0 Å². The molecule has 0 aromatic heterocycles. The topological polar surface area (TPSA) is 0 Å². The van der Waals surface area contributed by atoms with E-state index in [1.54, 1.807) is 31.2 Å². The first-order valence-corrected chi connectivity index (χ1v) is 5.42. The van der Waals surface area contributed by atoms with Crippen molar-refractivity contribution in [2.75, 3.05) is 0 Å². The number of rotatable bonds is 1. The van der Waals surface area contributed by atoms with Crippen molar-refractivity contribution in [3.8, 4) is 11.1 Å². The van der Waals surface area contributed by atoms with E-state index >= 15 is 0 Å². The van der Waals surface area contributed by atoms with Crippen molar-refractivity contribution in [1.29, 1.82) is 0 Å². The van der Waals surface area contributed by atoms with Gasteiger partial charge in [-0.05, 0) is 35.7 Å². The largest absolute Gasteiger partial charge is 0.416 e. The number of halogens is 3. The number of aryl methyl sites for hydroxylation is 1. The van der Waals surface area contributed by atoms with Crippen LogP contribution in [-0.2, 0) is 6.18 Å². The van der Waals surface area contributed by atoms with Crippen LogP contribution in [-0.4, -0.2) is 7.85 Å². The van der Waals surface area contributed by atoms with Crippen LogP contribution in [0.4, 0.5) is 13.2 Å². The molecule has 2 aromatic rings. The maximum Gasteiger partial charge on any atom is 0.416 e. The van der Waals surface area contributed by atoms with Gasteiger partial charge in [0, 0.05) is 0 Å². The maximum atomic E-state index is 12.7. The Hall–Kier alpha value is -1.71. The number of alkyl halides is 3. The molecule has 2 radical (unpaired) electrons. The van der Waals surface area contributed by atoms with Crippen LogP contribution in [0.2, 0.25) is 0 Å². The highest BCUT2D eigenvalue weighted by molar-refractivity contribution is 6.32. The molecular weight excluding hydrogens is 236 g/mol. The Morgan fingerprint density at radius 3 is 2.11 bits per heavy atom. The quantitative estimate of drug-likeness (QED) is 0.676. The van der Waals surface area contributed by atoms with Gasteiger partial charge in [-0.1, -0.05) is 35.8 Å². The van der Waals surface area contributed by atoms with E-state index in [0.29, 0.717) is 11.0 Å². The molecule has 0 saturated carbocycles. The molecule has 0 atom stereocenters. The summed E-state index contributed by atoms with van der Waals surface area (Å²) in [5.41, 5.74) is 2.05. The molecule has 0 aliphatic heterocycles. The highest BCUT2D eigenvalue weighted by Crippen LogP contribution is 2.33. The average Bonchev–Trinajstić information content (AvgIpc) is 2.29. The lowest BCUT2D eigenvalue weighted by molar-refractivity contribution is -0.137. The molecule has 0 spiro atoms. The molecule has 90 valence electrons. The van der Waals surface area contributed by atoms with Crippen molar-refractivity contribution in [2.45, 2.75) is 13.1 Å². The van der Waals surface area contributed by atoms with Gasteiger partial charge < -0.3 is 0 Å². The normalized spacial score (nSPS) is 11.6. The van der Waals surface area contributed by atoms with Crippen LogP contribution in [0.1, 0.15) is 11.1 Å². The fourth-order valence-corrected chi connectivity index (χ4v) is 1.77. The molecule has 18 heavy (non-hydrogen) atoms. The molecule has 4 heteroatoms. The van der Waals surface area contributed by atoms with Gasteiger partial charge in [0.15, 0.2) is 0 Å². The second kappa shape index (κ2) is 4.52. The van der Waals surface area contributed by atoms with E-state index < -0.39 is 11.7 Å². The van der Waals surface area contributed by atoms with Gasteiger partial charge in [0.05, 0.1) is 5.56 Å². The first-order valence-electron chi connectivity index (χ1n) is 5.42. The minimum atomic E-state index is -4.32. The molecule has 0 unspecified atom stereocenters. The highest BCUT2D eigenvalue weighted by atomic mass is 19.4. The minimum absolute atomic E-state index is 0.574. The molecule has 0 fully saturated rings. The van der Waals surface area contributed by atoms with Crippen molar-refractivity contribution < 1.29 is 13.2 Å². The number of hydrogen-bond donors (Lipinski definition) is 0. The van der Waals surface area contributed by atoms with Crippen molar-refractivity contribution in [1.82, 2.24) is 0 Å². The molecule has 0 aliphatic rings. The number of benzene rings is 2. The Bertz CT molecular complexity index is 556. The first-order chi connectivity index (χ1) is 8.38. The second-order valence-electron chi connectivity index (χ2n) is 4.15. The van der Waals surface area contributed by atoms with E-state index in [0.717, 1.165) is 17.2 Å². The van der Waals surface area contributed by atoms with E-state index in [1.165, 1.54) is 12.1 Å². The van der Waals surface area contributed by atoms with Crippen molar-refractivity contribution in [3.63, 3.8) is 0 Å². The fraction of sp³-hybridized carbons (Fsp3) is 0.143. The van der Waals surface area contributed by atoms with Gasteiger partial charge in [0.1, 0.15) is 7.85 Å². The Labute approximate surface area is 105 Å². The van der Waals surface area contributed by atoms with Crippen LogP contribution < -0.4 is 5.46 Å². The molecule has 0 heterocycles. The second-order valence-corrected chi connectivity index (χ2v) is 4.15. The average molecular weight is 246 g/mol. The molecular formula is C14H10BF3. The Balaban J connectivity index is 2.53. The van der Waals surface area contributed by atoms with Crippen molar-refractivity contribution >= 4 is 13.3 Å². The molecule has 2 rings (SSSR count). The molecule has 0 bridgehead atoms. The Morgan fingerprint density at radius 2 is 1.56 bits per heavy atom. The summed E-state index contributed by atoms with van der Waals surface area (Å²) >= 11 is 0. The molecule has 0 amide bonds. The van der Waals surface area contributed by atoms with Gasteiger partial charge in [0.25, 0.3) is 0 Å². The standard InChI is InChI=1S/C14H10BF3/c1-9-2-5-11(14(16,17)18)8-13(9)10-3-6-12(15)7-4-10/h2-8H,1H3. The van der Waals surface area contributed by atoms with E-state index in [4.69, 9.17) is 7.85 Å². The lowest BCUT2D eigenvalue weighted by atomic mass is 9.92.